The monoisotopic (exact) mass is 485 g/mol. The minimum atomic E-state index is -0.635. The number of allylic oxidation sites excluding steroid dienone is 1. The molecule has 5 rings (SSSR count). The number of halogens is 2. The second kappa shape index (κ2) is 8.39. The van der Waals surface area contributed by atoms with Gasteiger partial charge in [-0.3, -0.25) is 14.6 Å². The fourth-order valence-electron chi connectivity index (χ4n) is 4.86. The first-order valence-corrected chi connectivity index (χ1v) is 12.2. The lowest BCUT2D eigenvalue weighted by atomic mass is 9.92. The number of benzene rings is 2. The van der Waals surface area contributed by atoms with E-state index in [0.717, 1.165) is 10.5 Å². The zero-order valence-corrected chi connectivity index (χ0v) is 19.9. The van der Waals surface area contributed by atoms with Crippen LogP contribution in [-0.2, 0) is 15.3 Å². The van der Waals surface area contributed by atoms with Gasteiger partial charge in [-0.2, -0.15) is 5.01 Å². The van der Waals surface area contributed by atoms with Gasteiger partial charge < -0.3 is 10.0 Å². The Morgan fingerprint density at radius 3 is 2.44 bits per heavy atom. The van der Waals surface area contributed by atoms with Gasteiger partial charge >= 0.3 is 0 Å². The Hall–Kier alpha value is -2.91. The van der Waals surface area contributed by atoms with Crippen LogP contribution in [0.25, 0.3) is 0 Å². The second-order valence-corrected chi connectivity index (χ2v) is 10.2. The van der Waals surface area contributed by atoms with Gasteiger partial charge in [0, 0.05) is 29.2 Å². The van der Waals surface area contributed by atoms with Crippen molar-refractivity contribution in [2.75, 3.05) is 13.2 Å². The normalized spacial score (nSPS) is 23.1. The smallest absolute Gasteiger partial charge is 0.276 e. The lowest BCUT2D eigenvalue weighted by Gasteiger charge is -2.52. The third-order valence-corrected chi connectivity index (χ3v) is 7.79. The number of ketones is 1. The first-order valence-electron chi connectivity index (χ1n) is 11.2. The van der Waals surface area contributed by atoms with Crippen molar-refractivity contribution < 1.29 is 23.5 Å². The number of nitrogens with zero attached hydrogens (tertiary/aromatic N) is 3. The Bertz CT molecular complexity index is 1180. The Morgan fingerprint density at radius 2 is 1.74 bits per heavy atom. The maximum absolute atomic E-state index is 14.5. The highest BCUT2D eigenvalue weighted by Crippen LogP contribution is 2.45. The summed E-state index contributed by atoms with van der Waals surface area (Å²) in [5.41, 5.74) is 2.13. The zero-order chi connectivity index (χ0) is 24.3. The molecule has 1 amide bonds. The third-order valence-electron chi connectivity index (χ3n) is 6.65. The van der Waals surface area contributed by atoms with Crippen molar-refractivity contribution in [1.82, 2.24) is 14.9 Å². The molecule has 0 saturated carbocycles. The Balaban J connectivity index is 1.76. The molecule has 0 spiro atoms. The van der Waals surface area contributed by atoms with Crippen LogP contribution in [0.15, 0.2) is 52.7 Å². The van der Waals surface area contributed by atoms with Crippen molar-refractivity contribution >= 4 is 23.5 Å². The van der Waals surface area contributed by atoms with Crippen LogP contribution in [0.4, 0.5) is 8.78 Å². The molecular formula is C25H25F2N3O3S. The maximum Gasteiger partial charge on any atom is 0.276 e. The summed E-state index contributed by atoms with van der Waals surface area (Å²) < 4.78 is 29.1. The summed E-state index contributed by atoms with van der Waals surface area (Å²) in [5.74, 6) is -2.30. The zero-order valence-electron chi connectivity index (χ0n) is 19.1. The molecule has 9 heteroatoms. The molecule has 1 fully saturated rings. The van der Waals surface area contributed by atoms with E-state index in [1.54, 1.807) is 40.7 Å². The van der Waals surface area contributed by atoms with Crippen molar-refractivity contribution in [3.63, 3.8) is 0 Å². The number of fused-ring (bicyclic) bond motifs is 3. The molecule has 2 aromatic rings. The van der Waals surface area contributed by atoms with Crippen LogP contribution in [0.1, 0.15) is 43.5 Å². The van der Waals surface area contributed by atoms with E-state index in [9.17, 15) is 23.5 Å². The van der Waals surface area contributed by atoms with Crippen LogP contribution in [-0.4, -0.2) is 51.0 Å². The molecule has 0 radical (unpaired) electrons. The highest BCUT2D eigenvalue weighted by molar-refractivity contribution is 7.98. The number of carbonyl (C=O) groups excluding carboxylic acids is 2. The molecule has 0 bridgehead atoms. The molecule has 1 N–H and O–H groups in total. The lowest BCUT2D eigenvalue weighted by Crippen LogP contribution is -2.63. The van der Waals surface area contributed by atoms with E-state index in [-0.39, 0.29) is 25.0 Å². The van der Waals surface area contributed by atoms with Crippen LogP contribution in [0.3, 0.4) is 0 Å². The molecule has 6 nitrogen and oxygen atoms in total. The molecule has 3 heterocycles. The number of amides is 1. The fraction of sp³-hybridized carbons (Fsp3) is 0.360. The number of hydrogen-bond acceptors (Lipinski definition) is 6. The molecule has 1 saturated heterocycles. The van der Waals surface area contributed by atoms with Crippen LogP contribution >= 0.6 is 11.8 Å². The molecule has 2 aromatic carbocycles. The van der Waals surface area contributed by atoms with E-state index in [0.29, 0.717) is 16.9 Å². The van der Waals surface area contributed by atoms with E-state index < -0.39 is 41.0 Å². The highest BCUT2D eigenvalue weighted by Gasteiger charge is 2.47. The fourth-order valence-corrected chi connectivity index (χ4v) is 5.94. The van der Waals surface area contributed by atoms with Crippen LogP contribution in [0.5, 0.6) is 0 Å². The SMILES string of the molecule is CC1CN2C(=C(O)C1=O)C(=O)N(C(C)C)CN2C1c2cc(F)ccc2CSc2ccc(F)cc21. The summed E-state index contributed by atoms with van der Waals surface area (Å²) in [7, 11) is 0. The number of aliphatic hydroxyl groups is 1. The third kappa shape index (κ3) is 3.58. The van der Waals surface area contributed by atoms with Gasteiger partial charge in [-0.15, -0.1) is 11.8 Å². The molecule has 2 unspecified atom stereocenters. The number of thioether (sulfide) groups is 1. The Morgan fingerprint density at radius 1 is 1.06 bits per heavy atom. The molecule has 178 valence electrons. The lowest BCUT2D eigenvalue weighted by molar-refractivity contribution is -0.164. The average Bonchev–Trinajstić information content (AvgIpc) is 2.93. The number of Topliss-reactive ketones (excluding diaryl/α,β-unsaturated/α-hetero) is 1. The predicted octanol–water partition coefficient (Wildman–Crippen LogP) is 4.38. The van der Waals surface area contributed by atoms with E-state index in [1.807, 2.05) is 18.9 Å². The summed E-state index contributed by atoms with van der Waals surface area (Å²) in [4.78, 5) is 28.3. The minimum Gasteiger partial charge on any atom is -0.503 e. The molecule has 34 heavy (non-hydrogen) atoms. The molecule has 0 aliphatic carbocycles. The summed E-state index contributed by atoms with van der Waals surface area (Å²) in [5, 5.41) is 14.2. The van der Waals surface area contributed by atoms with Crippen molar-refractivity contribution in [3.8, 4) is 0 Å². The molecule has 3 aliphatic heterocycles. The highest BCUT2D eigenvalue weighted by atomic mass is 32.2. The van der Waals surface area contributed by atoms with Gasteiger partial charge in [-0.1, -0.05) is 13.0 Å². The molecule has 2 atom stereocenters. The summed E-state index contributed by atoms with van der Waals surface area (Å²) in [6, 6.07) is 8.30. The van der Waals surface area contributed by atoms with Crippen molar-refractivity contribution in [3.05, 3.63) is 76.2 Å². The quantitative estimate of drug-likeness (QED) is 0.682. The van der Waals surface area contributed by atoms with E-state index >= 15 is 0 Å². The van der Waals surface area contributed by atoms with Crippen molar-refractivity contribution in [2.45, 2.75) is 43.5 Å². The van der Waals surface area contributed by atoms with Gasteiger partial charge in [0.05, 0.1) is 12.7 Å². The largest absolute Gasteiger partial charge is 0.503 e. The van der Waals surface area contributed by atoms with Crippen molar-refractivity contribution in [1.29, 1.82) is 0 Å². The van der Waals surface area contributed by atoms with Gasteiger partial charge in [0.2, 0.25) is 5.78 Å². The average molecular weight is 486 g/mol. The second-order valence-electron chi connectivity index (χ2n) is 9.21. The summed E-state index contributed by atoms with van der Waals surface area (Å²) in [6.07, 6.45) is 0. The predicted molar refractivity (Wildman–Crippen MR) is 123 cm³/mol. The number of rotatable bonds is 2. The molecule has 0 aromatic heterocycles. The first-order chi connectivity index (χ1) is 16.2. The number of aliphatic hydroxyl groups excluding tert-OH is 1. The van der Waals surface area contributed by atoms with Crippen LogP contribution in [0, 0.1) is 17.6 Å². The molecular weight excluding hydrogens is 460 g/mol. The van der Waals surface area contributed by atoms with E-state index in [4.69, 9.17) is 0 Å². The minimum absolute atomic E-state index is 0.0872. The van der Waals surface area contributed by atoms with Crippen LogP contribution < -0.4 is 0 Å². The summed E-state index contributed by atoms with van der Waals surface area (Å²) in [6.45, 7) is 5.70. The maximum atomic E-state index is 14.5. The van der Waals surface area contributed by atoms with E-state index in [1.165, 1.54) is 24.3 Å². The summed E-state index contributed by atoms with van der Waals surface area (Å²) >= 11 is 1.54. The number of carbonyl (C=O) groups is 2. The van der Waals surface area contributed by atoms with Crippen LogP contribution in [0.2, 0.25) is 0 Å². The van der Waals surface area contributed by atoms with Gasteiger partial charge in [0.25, 0.3) is 5.91 Å². The van der Waals surface area contributed by atoms with Gasteiger partial charge in [-0.05, 0) is 60.9 Å². The number of hydrazine groups is 1. The van der Waals surface area contributed by atoms with Gasteiger partial charge in [-0.25, -0.2) is 8.78 Å². The Kier molecular flexibility index (Phi) is 5.64. The topological polar surface area (TPSA) is 64.1 Å². The Labute approximate surface area is 200 Å². The van der Waals surface area contributed by atoms with Gasteiger partial charge in [0.1, 0.15) is 11.6 Å². The molecule has 3 aliphatic rings. The van der Waals surface area contributed by atoms with Crippen molar-refractivity contribution in [2.24, 2.45) is 5.92 Å². The van der Waals surface area contributed by atoms with Gasteiger partial charge in [0.15, 0.2) is 11.5 Å². The first kappa shape index (κ1) is 22.9. The number of hydrogen-bond donors (Lipinski definition) is 1. The standard InChI is InChI=1S/C25H25F2N3O3S/c1-13(2)28-12-30(29-10-14(3)23(31)24(32)22(29)25(28)33)21-18-8-16(26)5-4-15(18)11-34-20-7-6-17(27)9-19(20)21/h4-9,13-14,21,32H,10-12H2,1-3H3. The van der Waals surface area contributed by atoms with E-state index in [2.05, 4.69) is 0 Å².